The van der Waals surface area contributed by atoms with Crippen LogP contribution in [-0.2, 0) is 9.05 Å². The lowest BCUT2D eigenvalue weighted by Crippen LogP contribution is -2.27. The summed E-state index contributed by atoms with van der Waals surface area (Å²) in [6, 6.07) is 20.8. The summed E-state index contributed by atoms with van der Waals surface area (Å²) in [6.45, 7) is 3.03. The van der Waals surface area contributed by atoms with Crippen molar-refractivity contribution in [1.29, 1.82) is 0 Å². The molecule has 0 bridgehead atoms. The van der Waals surface area contributed by atoms with Crippen molar-refractivity contribution in [2.75, 3.05) is 26.3 Å². The molecule has 2 saturated heterocycles. The molecule has 2 fully saturated rings. The Morgan fingerprint density at radius 2 is 1.14 bits per heavy atom. The Morgan fingerprint density at radius 3 is 1.61 bits per heavy atom. The second kappa shape index (κ2) is 7.66. The summed E-state index contributed by atoms with van der Waals surface area (Å²) in [5, 5.41) is 9.29. The molecule has 148 valence electrons. The van der Waals surface area contributed by atoms with Gasteiger partial charge in [-0.3, -0.25) is 0 Å². The van der Waals surface area contributed by atoms with Gasteiger partial charge in [-0.2, -0.15) is 13.5 Å². The molecule has 3 aliphatic heterocycles. The summed E-state index contributed by atoms with van der Waals surface area (Å²) in [6.07, 6.45) is 1.93. The average molecular weight is 435 g/mol. The van der Waals surface area contributed by atoms with E-state index < -0.39 is 22.4 Å². The third-order valence-electron chi connectivity index (χ3n) is 4.80. The van der Waals surface area contributed by atoms with E-state index >= 15 is 0 Å². The molecular formula is C18H24N5O2P3. The largest absolute Gasteiger partial charge is 0.316 e. The molecule has 2 aromatic rings. The summed E-state index contributed by atoms with van der Waals surface area (Å²) >= 11 is 0. The van der Waals surface area contributed by atoms with E-state index in [9.17, 15) is 0 Å². The second-order valence-electron chi connectivity index (χ2n) is 6.82. The molecule has 3 aliphatic rings. The zero-order chi connectivity index (χ0) is 18.9. The fraction of sp³-hybridized carbons (Fsp3) is 0.333. The van der Waals surface area contributed by atoms with Gasteiger partial charge in [-0.25, -0.2) is 10.2 Å². The van der Waals surface area contributed by atoms with Crippen molar-refractivity contribution in [2.45, 2.75) is 12.8 Å². The van der Waals surface area contributed by atoms with Crippen molar-refractivity contribution in [1.82, 2.24) is 10.2 Å². The summed E-state index contributed by atoms with van der Waals surface area (Å²) in [7, 11) is -7.59. The molecule has 10 heteroatoms. The molecular weight excluding hydrogens is 411 g/mol. The smallest absolute Gasteiger partial charge is 0.278 e. The van der Waals surface area contributed by atoms with E-state index in [0.29, 0.717) is 13.2 Å². The van der Waals surface area contributed by atoms with Crippen LogP contribution in [0.1, 0.15) is 12.8 Å². The molecule has 28 heavy (non-hydrogen) atoms. The molecule has 3 heterocycles. The van der Waals surface area contributed by atoms with Gasteiger partial charge >= 0.3 is 0 Å². The van der Waals surface area contributed by atoms with Crippen LogP contribution in [0.4, 0.5) is 0 Å². The molecule has 5 rings (SSSR count). The van der Waals surface area contributed by atoms with Crippen molar-refractivity contribution in [2.24, 2.45) is 13.5 Å². The van der Waals surface area contributed by atoms with E-state index in [1.54, 1.807) is 0 Å². The van der Waals surface area contributed by atoms with Crippen molar-refractivity contribution in [3.05, 3.63) is 60.7 Å². The van der Waals surface area contributed by atoms with Crippen LogP contribution in [0.2, 0.25) is 0 Å². The molecule has 0 aliphatic carbocycles. The van der Waals surface area contributed by atoms with Gasteiger partial charge in [0.15, 0.2) is 0 Å². The van der Waals surface area contributed by atoms with Gasteiger partial charge in [0.1, 0.15) is 7.21 Å². The Kier molecular flexibility index (Phi) is 5.19. The van der Waals surface area contributed by atoms with Gasteiger partial charge in [0.2, 0.25) is 0 Å². The quantitative estimate of drug-likeness (QED) is 0.672. The van der Waals surface area contributed by atoms with Gasteiger partial charge in [-0.15, -0.1) is 0 Å². The molecule has 2 atom stereocenters. The van der Waals surface area contributed by atoms with E-state index in [-0.39, 0.29) is 0 Å². The highest BCUT2D eigenvalue weighted by atomic mass is 31.3. The summed E-state index contributed by atoms with van der Waals surface area (Å²) in [4.78, 5) is 0. The van der Waals surface area contributed by atoms with Gasteiger partial charge in [0.25, 0.3) is 15.2 Å². The molecule has 7 nitrogen and oxygen atoms in total. The molecule has 2 spiro atoms. The van der Waals surface area contributed by atoms with Gasteiger partial charge in [-0.1, -0.05) is 60.7 Å². The normalized spacial score (nSPS) is 31.6. The lowest BCUT2D eigenvalue weighted by molar-refractivity contribution is 0.301. The van der Waals surface area contributed by atoms with Crippen LogP contribution in [0.5, 0.6) is 0 Å². The van der Waals surface area contributed by atoms with E-state index in [4.69, 9.17) is 22.6 Å². The number of nitrogens with zero attached hydrogens (tertiary/aromatic N) is 3. The number of hydrogen-bond donors (Lipinski definition) is 2. The summed E-state index contributed by atoms with van der Waals surface area (Å²) < 4.78 is 28.3. The minimum atomic E-state index is -2.55. The monoisotopic (exact) mass is 435 g/mol. The SMILES string of the molecule is c1ccc(P2(c3ccccc3)=N[P@]3(=N[P@@]4(=N2)NCCCO4)NCCCO3)cc1. The van der Waals surface area contributed by atoms with Crippen LogP contribution in [-0.4, -0.2) is 26.3 Å². The number of nitrogens with one attached hydrogen (secondary N) is 2. The maximum absolute atomic E-state index is 6.27. The Bertz CT molecular complexity index is 945. The molecule has 0 saturated carbocycles. The first kappa shape index (κ1) is 19.0. The highest BCUT2D eigenvalue weighted by Gasteiger charge is 2.42. The highest BCUT2D eigenvalue weighted by molar-refractivity contribution is 7.90. The fourth-order valence-corrected chi connectivity index (χ4v) is 15.8. The van der Waals surface area contributed by atoms with E-state index in [1.165, 1.54) is 0 Å². The summed E-state index contributed by atoms with van der Waals surface area (Å²) in [5.74, 6) is 0. The van der Waals surface area contributed by atoms with Crippen LogP contribution in [0.15, 0.2) is 74.2 Å². The second-order valence-corrected chi connectivity index (χ2v) is 14.5. The van der Waals surface area contributed by atoms with Crippen molar-refractivity contribution in [3.8, 4) is 0 Å². The third kappa shape index (κ3) is 3.40. The van der Waals surface area contributed by atoms with Gasteiger partial charge in [-0.05, 0) is 12.8 Å². The minimum absolute atomic E-state index is 0.664. The van der Waals surface area contributed by atoms with E-state index in [0.717, 1.165) is 36.5 Å². The zero-order valence-electron chi connectivity index (χ0n) is 15.5. The minimum Gasteiger partial charge on any atom is -0.316 e. The first-order valence-electron chi connectivity index (χ1n) is 9.57. The molecule has 0 unspecified atom stereocenters. The highest BCUT2D eigenvalue weighted by Crippen LogP contribution is 2.76. The third-order valence-corrected chi connectivity index (χ3v) is 15.1. The number of hydrogen-bond acceptors (Lipinski definition) is 7. The Labute approximate surface area is 165 Å². The van der Waals surface area contributed by atoms with Gasteiger partial charge in [0.05, 0.1) is 13.2 Å². The van der Waals surface area contributed by atoms with Crippen molar-refractivity contribution in [3.63, 3.8) is 0 Å². The maximum atomic E-state index is 6.27. The Morgan fingerprint density at radius 1 is 0.643 bits per heavy atom. The van der Waals surface area contributed by atoms with Crippen molar-refractivity contribution < 1.29 is 9.05 Å². The van der Waals surface area contributed by atoms with E-state index in [1.807, 2.05) is 12.1 Å². The van der Waals surface area contributed by atoms with Gasteiger partial charge < -0.3 is 9.05 Å². The lowest BCUT2D eigenvalue weighted by Gasteiger charge is -2.38. The number of benzene rings is 2. The standard InChI is InChI=1S/C18H24N5O2P3/c1-3-9-17(10-4-1)26(18-11-5-2-6-12-18)21-27(19-13-7-15-24-27)23-28(22-26)20-14-8-16-25-28/h1-6,9-12,19-20H,7-8,13-16H2/t27-,28-/m0/s1. The van der Waals surface area contributed by atoms with Crippen molar-refractivity contribution >= 4 is 33.0 Å². The van der Waals surface area contributed by atoms with Crippen LogP contribution >= 0.6 is 22.4 Å². The predicted molar refractivity (Wildman–Crippen MR) is 117 cm³/mol. The topological polar surface area (TPSA) is 79.6 Å². The van der Waals surface area contributed by atoms with Gasteiger partial charge in [0, 0.05) is 23.7 Å². The molecule has 2 N–H and O–H groups in total. The average Bonchev–Trinajstić information content (AvgIpc) is 2.75. The number of rotatable bonds is 2. The molecule has 0 radical (unpaired) electrons. The van der Waals surface area contributed by atoms with Crippen LogP contribution in [0.25, 0.3) is 0 Å². The zero-order valence-corrected chi connectivity index (χ0v) is 18.2. The lowest BCUT2D eigenvalue weighted by atomic mass is 10.4. The van der Waals surface area contributed by atoms with Crippen LogP contribution < -0.4 is 20.8 Å². The molecule has 0 aromatic heterocycles. The first-order valence-corrected chi connectivity index (χ1v) is 14.5. The molecule has 0 amide bonds. The Hall–Kier alpha value is -1.03. The predicted octanol–water partition coefficient (Wildman–Crippen LogP) is 4.68. The van der Waals surface area contributed by atoms with E-state index in [2.05, 4.69) is 58.7 Å². The van der Waals surface area contributed by atoms with Crippen LogP contribution in [0, 0.1) is 0 Å². The maximum Gasteiger partial charge on any atom is 0.278 e. The summed E-state index contributed by atoms with van der Waals surface area (Å²) in [5.41, 5.74) is 0. The molecule has 2 aromatic carbocycles. The van der Waals surface area contributed by atoms with Crippen LogP contribution in [0.3, 0.4) is 0 Å². The Balaban J connectivity index is 1.86. The first-order chi connectivity index (χ1) is 13.7. The fourth-order valence-electron chi connectivity index (χ4n) is 3.49.